The third-order valence-corrected chi connectivity index (χ3v) is 5.61. The highest BCUT2D eigenvalue weighted by molar-refractivity contribution is 6.07. The molecule has 1 aliphatic rings. The molecule has 4 rings (SSSR count). The van der Waals surface area contributed by atoms with Gasteiger partial charge in [0.2, 0.25) is 0 Å². The van der Waals surface area contributed by atoms with Gasteiger partial charge >= 0.3 is 6.18 Å². The van der Waals surface area contributed by atoms with Gasteiger partial charge < -0.3 is 15.7 Å². The number of aryl methyl sites for hydroxylation is 1. The van der Waals surface area contributed by atoms with Crippen molar-refractivity contribution in [1.82, 2.24) is 9.78 Å². The van der Waals surface area contributed by atoms with Crippen molar-refractivity contribution in [2.45, 2.75) is 44.6 Å². The van der Waals surface area contributed by atoms with Gasteiger partial charge in [-0.3, -0.25) is 4.79 Å². The van der Waals surface area contributed by atoms with E-state index in [-0.39, 0.29) is 17.8 Å². The second kappa shape index (κ2) is 8.31. The number of benzene rings is 2. The number of amides is 1. The maximum atomic E-state index is 13.8. The average Bonchev–Trinajstić information content (AvgIpc) is 3.17. The third kappa shape index (κ3) is 4.34. The van der Waals surface area contributed by atoms with E-state index in [1.165, 1.54) is 0 Å². The van der Waals surface area contributed by atoms with Gasteiger partial charge in [-0.15, -0.1) is 0 Å². The normalized spacial score (nSPS) is 19.1. The number of carbonyl (C=O) groups is 1. The van der Waals surface area contributed by atoms with Crippen LogP contribution in [0.4, 0.5) is 24.7 Å². The number of aromatic nitrogens is 2. The number of fused-ring (bicyclic) bond motifs is 1. The molecule has 3 atom stereocenters. The number of rotatable bonds is 4. The molecule has 6 nitrogen and oxygen atoms in total. The highest BCUT2D eigenvalue weighted by Gasteiger charge is 2.47. The smallest absolute Gasteiger partial charge is 0.389 e. The molecule has 9 heteroatoms. The van der Waals surface area contributed by atoms with Crippen molar-refractivity contribution in [3.8, 4) is 0 Å². The minimum absolute atomic E-state index is 0.0238. The number of hydrogen-bond donors (Lipinski definition) is 3. The molecule has 0 spiro atoms. The zero-order valence-electron chi connectivity index (χ0n) is 17.5. The van der Waals surface area contributed by atoms with Gasteiger partial charge in [0.15, 0.2) is 6.04 Å². The lowest BCUT2D eigenvalue weighted by Gasteiger charge is -2.34. The number of hydrogen-bond acceptors (Lipinski definition) is 4. The molecule has 2 heterocycles. The van der Waals surface area contributed by atoms with Crippen LogP contribution in [0, 0.1) is 6.92 Å². The Morgan fingerprint density at radius 3 is 2.44 bits per heavy atom. The Kier molecular flexibility index (Phi) is 5.68. The summed E-state index contributed by atoms with van der Waals surface area (Å²) >= 11 is 0. The number of nitrogens with zero attached hydrogens (tertiary/aromatic N) is 2. The van der Waals surface area contributed by atoms with E-state index in [1.807, 2.05) is 19.1 Å². The summed E-state index contributed by atoms with van der Waals surface area (Å²) in [5.74, 6) is -0.545. The molecular weight excluding hydrogens is 421 g/mol. The van der Waals surface area contributed by atoms with Crippen LogP contribution in [0.5, 0.6) is 0 Å². The zero-order valence-corrected chi connectivity index (χ0v) is 17.5. The largest absolute Gasteiger partial charge is 0.410 e. The number of halogens is 3. The fourth-order valence-electron chi connectivity index (χ4n) is 3.79. The van der Waals surface area contributed by atoms with Gasteiger partial charge in [-0.1, -0.05) is 42.0 Å². The summed E-state index contributed by atoms with van der Waals surface area (Å²) in [6.07, 6.45) is -4.25. The second-order valence-corrected chi connectivity index (χ2v) is 8.00. The number of nitrogens with one attached hydrogen (secondary N) is 2. The third-order valence-electron chi connectivity index (χ3n) is 5.61. The van der Waals surface area contributed by atoms with Crippen LogP contribution in [0.3, 0.4) is 0 Å². The van der Waals surface area contributed by atoms with Crippen LogP contribution in [0.25, 0.3) is 0 Å². The van der Waals surface area contributed by atoms with Crippen LogP contribution in [-0.4, -0.2) is 27.0 Å². The summed E-state index contributed by atoms with van der Waals surface area (Å²) in [5.41, 5.74) is 2.87. The first-order valence-corrected chi connectivity index (χ1v) is 10.2. The van der Waals surface area contributed by atoms with Crippen molar-refractivity contribution in [3.63, 3.8) is 0 Å². The molecule has 0 saturated heterocycles. The predicted octanol–water partition coefficient (Wildman–Crippen LogP) is 5.16. The Morgan fingerprint density at radius 2 is 1.84 bits per heavy atom. The first kappa shape index (κ1) is 21.9. The molecular formula is C23H23F3N4O2. The van der Waals surface area contributed by atoms with Gasteiger partial charge in [-0.2, -0.15) is 18.3 Å². The Morgan fingerprint density at radius 1 is 1.19 bits per heavy atom. The van der Waals surface area contributed by atoms with Gasteiger partial charge in [0.1, 0.15) is 11.4 Å². The number of anilines is 2. The standard InChI is InChI=1S/C23H23F3N4O2/c1-13-3-5-16(6-4-13)19-11-20(23(24,25)26)30-21(29-19)18(12-27-30)22(32)28-17-9-7-15(8-10-17)14(2)31/h3-10,12,14,19-20,29,31H,11H2,1-2H3,(H,28,32)/t14-,19-,20+/m0/s1. The van der Waals surface area contributed by atoms with E-state index in [0.717, 1.165) is 16.4 Å². The van der Waals surface area contributed by atoms with Crippen LogP contribution >= 0.6 is 0 Å². The second-order valence-electron chi connectivity index (χ2n) is 8.00. The molecule has 0 radical (unpaired) electrons. The van der Waals surface area contributed by atoms with Gasteiger partial charge in [0.25, 0.3) is 5.91 Å². The molecule has 32 heavy (non-hydrogen) atoms. The molecule has 0 unspecified atom stereocenters. The van der Waals surface area contributed by atoms with E-state index < -0.39 is 30.3 Å². The van der Waals surface area contributed by atoms with Gasteiger partial charge in [0.05, 0.1) is 18.3 Å². The quantitative estimate of drug-likeness (QED) is 0.520. The van der Waals surface area contributed by atoms with E-state index in [4.69, 9.17) is 0 Å². The lowest BCUT2D eigenvalue weighted by Crippen LogP contribution is -2.36. The molecule has 3 N–H and O–H groups in total. The van der Waals surface area contributed by atoms with Crippen molar-refractivity contribution < 1.29 is 23.1 Å². The first-order valence-electron chi connectivity index (χ1n) is 10.2. The molecule has 0 bridgehead atoms. The Balaban J connectivity index is 1.64. The molecule has 0 aliphatic carbocycles. The van der Waals surface area contributed by atoms with Crippen molar-refractivity contribution in [2.75, 3.05) is 10.6 Å². The Labute approximate surface area is 183 Å². The fraction of sp³-hybridized carbons (Fsp3) is 0.304. The summed E-state index contributed by atoms with van der Waals surface area (Å²) in [6.45, 7) is 3.53. The lowest BCUT2D eigenvalue weighted by molar-refractivity contribution is -0.173. The Hall–Kier alpha value is -3.33. The van der Waals surface area contributed by atoms with Crippen molar-refractivity contribution >= 4 is 17.4 Å². The minimum Gasteiger partial charge on any atom is -0.389 e. The van der Waals surface area contributed by atoms with Crippen molar-refractivity contribution in [2.24, 2.45) is 0 Å². The number of carbonyl (C=O) groups excluding carboxylic acids is 1. The molecule has 2 aromatic carbocycles. The summed E-state index contributed by atoms with van der Waals surface area (Å²) in [6, 6.07) is 11.4. The molecule has 0 saturated carbocycles. The van der Waals surface area contributed by atoms with Crippen LogP contribution in [-0.2, 0) is 0 Å². The van der Waals surface area contributed by atoms with E-state index >= 15 is 0 Å². The highest BCUT2D eigenvalue weighted by Crippen LogP contribution is 2.44. The van der Waals surface area contributed by atoms with E-state index in [9.17, 15) is 23.1 Å². The molecule has 1 aliphatic heterocycles. The minimum atomic E-state index is -4.52. The predicted molar refractivity (Wildman–Crippen MR) is 115 cm³/mol. The summed E-state index contributed by atoms with van der Waals surface area (Å²) in [4.78, 5) is 12.9. The van der Waals surface area contributed by atoms with Gasteiger partial charge in [-0.05, 0) is 37.1 Å². The highest BCUT2D eigenvalue weighted by atomic mass is 19.4. The van der Waals surface area contributed by atoms with Crippen LogP contribution < -0.4 is 10.6 Å². The maximum Gasteiger partial charge on any atom is 0.410 e. The van der Waals surface area contributed by atoms with Crippen molar-refractivity contribution in [3.05, 3.63) is 77.0 Å². The van der Waals surface area contributed by atoms with Gasteiger partial charge in [0, 0.05) is 12.1 Å². The van der Waals surface area contributed by atoms with E-state index in [2.05, 4.69) is 15.7 Å². The van der Waals surface area contributed by atoms with Crippen LogP contribution in [0.2, 0.25) is 0 Å². The van der Waals surface area contributed by atoms with Crippen LogP contribution in [0.1, 0.15) is 58.6 Å². The SMILES string of the molecule is Cc1ccc([C@@H]2C[C@H](C(F)(F)F)n3ncc(C(=O)Nc4ccc([C@H](C)O)cc4)c3N2)cc1. The summed E-state index contributed by atoms with van der Waals surface area (Å²) in [5, 5.41) is 19.3. The Bertz CT molecular complexity index is 1110. The fourth-order valence-corrected chi connectivity index (χ4v) is 3.79. The van der Waals surface area contributed by atoms with E-state index in [0.29, 0.717) is 16.8 Å². The molecule has 3 aromatic rings. The zero-order chi connectivity index (χ0) is 23.0. The molecule has 168 valence electrons. The van der Waals surface area contributed by atoms with E-state index in [1.54, 1.807) is 43.3 Å². The summed E-state index contributed by atoms with van der Waals surface area (Å²) in [7, 11) is 0. The topological polar surface area (TPSA) is 79.2 Å². The van der Waals surface area contributed by atoms with Crippen LogP contribution in [0.15, 0.2) is 54.7 Å². The lowest BCUT2D eigenvalue weighted by atomic mass is 9.96. The molecule has 0 fully saturated rings. The van der Waals surface area contributed by atoms with Crippen molar-refractivity contribution in [1.29, 1.82) is 0 Å². The molecule has 1 amide bonds. The number of aliphatic hydroxyl groups excluding tert-OH is 1. The number of aliphatic hydroxyl groups is 1. The van der Waals surface area contributed by atoms with Gasteiger partial charge in [-0.25, -0.2) is 4.68 Å². The monoisotopic (exact) mass is 444 g/mol. The summed E-state index contributed by atoms with van der Waals surface area (Å²) < 4.78 is 42.3. The average molecular weight is 444 g/mol. The number of alkyl halides is 3. The first-order chi connectivity index (χ1) is 15.1. The maximum absolute atomic E-state index is 13.8. The molecule has 1 aromatic heterocycles.